The third kappa shape index (κ3) is 3.71. The Bertz CT molecular complexity index is 1680. The van der Waals surface area contributed by atoms with E-state index in [9.17, 15) is 9.00 Å². The van der Waals surface area contributed by atoms with E-state index in [-0.39, 0.29) is 11.8 Å². The Balaban J connectivity index is 1.29. The molecule has 0 fully saturated rings. The summed E-state index contributed by atoms with van der Waals surface area (Å²) in [4.78, 5) is 23.6. The third-order valence-corrected chi connectivity index (χ3v) is 10.1. The summed E-state index contributed by atoms with van der Waals surface area (Å²) in [5.41, 5.74) is 4.37. The lowest BCUT2D eigenvalue weighted by molar-refractivity contribution is -0.127. The number of carbonyl (C=O) groups is 1. The van der Waals surface area contributed by atoms with Gasteiger partial charge in [-0.15, -0.1) is 11.3 Å². The Morgan fingerprint density at radius 2 is 1.71 bits per heavy atom. The number of hydrogen-bond acceptors (Lipinski definition) is 4. The van der Waals surface area contributed by atoms with Gasteiger partial charge in [-0.1, -0.05) is 60.7 Å². The van der Waals surface area contributed by atoms with E-state index >= 15 is 0 Å². The summed E-state index contributed by atoms with van der Waals surface area (Å²) < 4.78 is 12.2. The number of fused-ring (bicyclic) bond motifs is 1. The van der Waals surface area contributed by atoms with Gasteiger partial charge in [0.05, 0.1) is 11.1 Å². The van der Waals surface area contributed by atoms with Gasteiger partial charge >= 0.3 is 0 Å². The second-order valence-electron chi connectivity index (χ2n) is 10.6. The van der Waals surface area contributed by atoms with Gasteiger partial charge in [0.25, 0.3) is 5.54 Å². The van der Waals surface area contributed by atoms with Crippen molar-refractivity contribution in [3.63, 3.8) is 0 Å². The summed E-state index contributed by atoms with van der Waals surface area (Å²) in [5.74, 6) is 3.49. The fraction of sp³-hybridized carbons (Fsp3) is 0.226. The lowest BCUT2D eigenvalue weighted by Crippen LogP contribution is -2.53. The summed E-state index contributed by atoms with van der Waals surface area (Å²) in [5, 5.41) is 5.60. The fourth-order valence-electron chi connectivity index (χ4n) is 6.23. The molecule has 0 spiro atoms. The second-order valence-corrected chi connectivity index (χ2v) is 13.9. The molecule has 0 saturated carbocycles. The molecular weight excluding hydrogens is 510 g/mol. The van der Waals surface area contributed by atoms with Crippen LogP contribution in [-0.2, 0) is 26.3 Å². The maximum Gasteiger partial charge on any atom is 0.284 e. The summed E-state index contributed by atoms with van der Waals surface area (Å²) in [7, 11) is -2.25. The van der Waals surface area contributed by atoms with Crippen molar-refractivity contribution in [1.29, 1.82) is 0 Å². The van der Waals surface area contributed by atoms with Crippen LogP contribution in [0.5, 0.6) is 0 Å². The number of amides is 1. The van der Waals surface area contributed by atoms with E-state index in [2.05, 4.69) is 33.1 Å². The quantitative estimate of drug-likeness (QED) is 0.247. The van der Waals surface area contributed by atoms with Gasteiger partial charge in [0.1, 0.15) is 0 Å². The maximum atomic E-state index is 14.0. The fourth-order valence-corrected chi connectivity index (χ4v) is 7.65. The second kappa shape index (κ2) is 8.65. The van der Waals surface area contributed by atoms with E-state index in [1.807, 2.05) is 73.0 Å². The van der Waals surface area contributed by atoms with Crippen molar-refractivity contribution in [3.05, 3.63) is 123 Å². The van der Waals surface area contributed by atoms with Gasteiger partial charge in [-0.25, -0.2) is 11.6 Å². The minimum atomic E-state index is -2.25. The van der Waals surface area contributed by atoms with Crippen LogP contribution in [0.1, 0.15) is 52.8 Å². The molecule has 2 atom stereocenters. The van der Waals surface area contributed by atoms with Gasteiger partial charge in [-0.3, -0.25) is 13.8 Å². The van der Waals surface area contributed by atoms with Crippen LogP contribution in [0.2, 0.25) is 0 Å². The van der Waals surface area contributed by atoms with Gasteiger partial charge in [-0.05, 0) is 51.1 Å². The number of nitrogens with one attached hydrogen (secondary N) is 1. The minimum Gasteiger partial charge on any atom is -0.301 e. The number of carbonyl (C=O) groups excluding carboxylic acids is 1. The molecule has 38 heavy (non-hydrogen) atoms. The predicted octanol–water partition coefficient (Wildman–Crippen LogP) is 6.10. The molecule has 1 aromatic heterocycles. The van der Waals surface area contributed by atoms with Gasteiger partial charge in [0.15, 0.2) is 5.13 Å². The zero-order valence-corrected chi connectivity index (χ0v) is 22.9. The standard InChI is InChI=1S/C31H27N3O2S2/c1-30(19-31(32-2)25-11-7-5-9-23(25)27(30)24-10-6-8-12-26(24)31)28(35)34-29-33-21(18-37-29)17-20-13-15-22(16-14-20)38(3,4)36/h5-16,18,27H,3,17,19H2,1,4H3,(H,33,34,35). The Hall–Kier alpha value is -3.73. The van der Waals surface area contributed by atoms with Crippen molar-refractivity contribution >= 4 is 37.8 Å². The molecule has 0 aliphatic heterocycles. The van der Waals surface area contributed by atoms with Gasteiger partial charge in [0.2, 0.25) is 5.91 Å². The SMILES string of the molecule is [C-]#[N+]C12CC(C)(C(=O)Nc3nc(Cc4ccc(S(=C)(C)=O)cc4)cs3)C(c3ccccc31)c1ccccc12. The molecule has 5 nitrogen and oxygen atoms in total. The van der Waals surface area contributed by atoms with Crippen LogP contribution < -0.4 is 5.32 Å². The van der Waals surface area contributed by atoms with Crippen LogP contribution in [0, 0.1) is 12.0 Å². The van der Waals surface area contributed by atoms with E-state index in [1.165, 1.54) is 11.3 Å². The highest BCUT2D eigenvalue weighted by atomic mass is 32.2. The van der Waals surface area contributed by atoms with Crippen LogP contribution in [0.3, 0.4) is 0 Å². The molecule has 4 aromatic rings. The van der Waals surface area contributed by atoms with Gasteiger partial charge < -0.3 is 5.32 Å². The molecule has 3 aliphatic rings. The van der Waals surface area contributed by atoms with Crippen LogP contribution in [-0.4, -0.2) is 27.2 Å². The van der Waals surface area contributed by atoms with Crippen LogP contribution in [0.25, 0.3) is 4.85 Å². The highest BCUT2D eigenvalue weighted by molar-refractivity contribution is 7.99. The normalized spacial score (nSPS) is 24.5. The Kier molecular flexibility index (Phi) is 5.60. The van der Waals surface area contributed by atoms with Crippen molar-refractivity contribution in [1.82, 2.24) is 4.98 Å². The predicted molar refractivity (Wildman–Crippen MR) is 154 cm³/mol. The van der Waals surface area contributed by atoms with Gasteiger partial charge in [0, 0.05) is 46.4 Å². The zero-order chi connectivity index (χ0) is 26.7. The maximum absolute atomic E-state index is 14.0. The zero-order valence-electron chi connectivity index (χ0n) is 21.2. The number of thiazole rings is 1. The Labute approximate surface area is 227 Å². The molecule has 1 heterocycles. The highest BCUT2D eigenvalue weighted by Crippen LogP contribution is 2.64. The van der Waals surface area contributed by atoms with Crippen molar-refractivity contribution in [2.24, 2.45) is 5.41 Å². The van der Waals surface area contributed by atoms with Crippen molar-refractivity contribution in [2.75, 3.05) is 11.6 Å². The molecule has 1 N–H and O–H groups in total. The van der Waals surface area contributed by atoms with E-state index in [1.54, 1.807) is 6.26 Å². The largest absolute Gasteiger partial charge is 0.301 e. The van der Waals surface area contributed by atoms with E-state index < -0.39 is 20.5 Å². The minimum absolute atomic E-state index is 0.113. The molecule has 1 amide bonds. The molecule has 2 bridgehead atoms. The summed E-state index contributed by atoms with van der Waals surface area (Å²) in [6.45, 7) is 10.3. The molecular formula is C31H27N3O2S2. The van der Waals surface area contributed by atoms with E-state index in [0.29, 0.717) is 18.0 Å². The van der Waals surface area contributed by atoms with Crippen molar-refractivity contribution < 1.29 is 9.00 Å². The first-order valence-electron chi connectivity index (χ1n) is 12.4. The van der Waals surface area contributed by atoms with Crippen LogP contribution in [0.4, 0.5) is 5.13 Å². The summed E-state index contributed by atoms with van der Waals surface area (Å²) in [6, 6.07) is 23.8. The first-order chi connectivity index (χ1) is 18.2. The third-order valence-electron chi connectivity index (χ3n) is 7.98. The number of anilines is 1. The van der Waals surface area contributed by atoms with Crippen LogP contribution >= 0.6 is 11.3 Å². The van der Waals surface area contributed by atoms with Crippen LogP contribution in [0.15, 0.2) is 83.1 Å². The topological polar surface area (TPSA) is 63.4 Å². The smallest absolute Gasteiger partial charge is 0.284 e. The molecule has 0 saturated heterocycles. The monoisotopic (exact) mass is 537 g/mol. The van der Waals surface area contributed by atoms with Gasteiger partial charge in [-0.2, -0.15) is 0 Å². The Morgan fingerprint density at radius 3 is 2.29 bits per heavy atom. The van der Waals surface area contributed by atoms with E-state index in [0.717, 1.165) is 38.4 Å². The summed E-state index contributed by atoms with van der Waals surface area (Å²) >= 11 is 1.40. The average molecular weight is 538 g/mol. The molecule has 3 aromatic carbocycles. The van der Waals surface area contributed by atoms with Crippen molar-refractivity contribution in [3.8, 4) is 0 Å². The van der Waals surface area contributed by atoms with Crippen molar-refractivity contribution in [2.45, 2.75) is 36.1 Å². The number of benzene rings is 3. The lowest BCUT2D eigenvalue weighted by Gasteiger charge is -2.51. The molecule has 7 heteroatoms. The number of aromatic nitrogens is 1. The molecule has 190 valence electrons. The molecule has 0 radical (unpaired) electrons. The Morgan fingerprint density at radius 1 is 1.11 bits per heavy atom. The molecule has 3 aliphatic carbocycles. The number of nitrogens with zero attached hydrogens (tertiary/aromatic N) is 2. The lowest BCUT2D eigenvalue weighted by atomic mass is 9.49. The van der Waals surface area contributed by atoms with E-state index in [4.69, 9.17) is 6.57 Å². The number of rotatable bonds is 5. The first-order valence-corrected chi connectivity index (χ1v) is 15.4. The number of hydrogen-bond donors (Lipinski definition) is 1. The first kappa shape index (κ1) is 24.6. The summed E-state index contributed by atoms with van der Waals surface area (Å²) in [6.07, 6.45) is 2.66. The highest BCUT2D eigenvalue weighted by Gasteiger charge is 2.64. The average Bonchev–Trinajstić information content (AvgIpc) is 3.35. The molecule has 7 rings (SSSR count). The molecule has 2 unspecified atom stereocenters.